The molecule has 2 aromatic rings. The van der Waals surface area contributed by atoms with Gasteiger partial charge in [0, 0.05) is 6.54 Å². The summed E-state index contributed by atoms with van der Waals surface area (Å²) in [7, 11) is 0. The van der Waals surface area contributed by atoms with E-state index in [4.69, 9.17) is 4.74 Å². The van der Waals surface area contributed by atoms with Gasteiger partial charge in [-0.3, -0.25) is 5.21 Å². The number of hydrogen-bond acceptors (Lipinski definition) is 3. The van der Waals surface area contributed by atoms with Crippen LogP contribution in [0.25, 0.3) is 6.08 Å². The number of urea groups is 1. The highest BCUT2D eigenvalue weighted by molar-refractivity contribution is 5.73. The minimum absolute atomic E-state index is 0.122. The fraction of sp³-hybridized carbons (Fsp3) is 0.250. The molecule has 0 saturated heterocycles. The minimum Gasteiger partial charge on any atom is -0.454 e. The van der Waals surface area contributed by atoms with Gasteiger partial charge in [-0.25, -0.2) is 14.2 Å². The Morgan fingerprint density at radius 3 is 2.58 bits per heavy atom. The Morgan fingerprint density at radius 1 is 1.23 bits per heavy atom. The zero-order valence-corrected chi connectivity index (χ0v) is 15.1. The number of rotatable bonds is 5. The normalized spacial score (nSPS) is 11.4. The number of benzene rings is 2. The molecule has 2 aromatic carbocycles. The van der Waals surface area contributed by atoms with E-state index in [1.54, 1.807) is 57.2 Å². The average Bonchev–Trinajstić information content (AvgIpc) is 2.60. The minimum atomic E-state index is -0.686. The van der Waals surface area contributed by atoms with Crippen LogP contribution >= 0.6 is 0 Å². The first kappa shape index (κ1) is 19.5. The van der Waals surface area contributed by atoms with E-state index in [9.17, 15) is 14.4 Å². The molecule has 26 heavy (non-hydrogen) atoms. The van der Waals surface area contributed by atoms with Gasteiger partial charge >= 0.3 is 6.03 Å². The summed E-state index contributed by atoms with van der Waals surface area (Å²) in [6.07, 6.45) is 3.43. The van der Waals surface area contributed by atoms with Crippen molar-refractivity contribution in [2.45, 2.75) is 26.3 Å². The van der Waals surface area contributed by atoms with Crippen molar-refractivity contribution in [3.63, 3.8) is 0 Å². The number of para-hydroxylation sites is 1. The van der Waals surface area contributed by atoms with Crippen LogP contribution in [0.4, 0.5) is 9.18 Å². The van der Waals surface area contributed by atoms with Crippen molar-refractivity contribution in [1.29, 1.82) is 0 Å². The van der Waals surface area contributed by atoms with E-state index in [0.717, 1.165) is 5.56 Å². The van der Waals surface area contributed by atoms with Crippen molar-refractivity contribution in [2.75, 3.05) is 6.54 Å². The van der Waals surface area contributed by atoms with Crippen molar-refractivity contribution < 1.29 is 19.1 Å². The maximum Gasteiger partial charge on any atom is 0.341 e. The number of nitrogens with zero attached hydrogens (tertiary/aromatic N) is 1. The number of amides is 2. The Kier molecular flexibility index (Phi) is 6.36. The van der Waals surface area contributed by atoms with Gasteiger partial charge in [0.15, 0.2) is 11.6 Å². The quantitative estimate of drug-likeness (QED) is 0.594. The fourth-order valence-electron chi connectivity index (χ4n) is 2.04. The number of carbonyl (C=O) groups is 1. The van der Waals surface area contributed by atoms with Gasteiger partial charge in [-0.05, 0) is 50.6 Å². The zero-order chi connectivity index (χ0) is 19.2. The first-order valence-electron chi connectivity index (χ1n) is 8.23. The van der Waals surface area contributed by atoms with E-state index in [1.165, 1.54) is 6.07 Å². The van der Waals surface area contributed by atoms with Crippen LogP contribution in [-0.4, -0.2) is 28.4 Å². The van der Waals surface area contributed by atoms with Crippen LogP contribution in [0.2, 0.25) is 0 Å². The van der Waals surface area contributed by atoms with Gasteiger partial charge in [0.25, 0.3) is 0 Å². The molecule has 0 radical (unpaired) electrons. The number of nitrogens with one attached hydrogen (secondary N) is 1. The SMILES string of the molecule is CC(C)(C)N(O)C(=O)NC/C=C/c1ccc(F)c(Oc2ccccc2)c1. The number of ether oxygens (including phenoxy) is 1. The summed E-state index contributed by atoms with van der Waals surface area (Å²) >= 11 is 0. The van der Waals surface area contributed by atoms with Crippen LogP contribution < -0.4 is 10.1 Å². The first-order chi connectivity index (χ1) is 12.3. The molecule has 0 aliphatic heterocycles. The maximum absolute atomic E-state index is 13.9. The Labute approximate surface area is 152 Å². The van der Waals surface area contributed by atoms with E-state index >= 15 is 0 Å². The van der Waals surface area contributed by atoms with Crippen LogP contribution in [0.3, 0.4) is 0 Å². The van der Waals surface area contributed by atoms with Crippen molar-refractivity contribution >= 4 is 12.1 Å². The first-order valence-corrected chi connectivity index (χ1v) is 8.23. The molecule has 0 fully saturated rings. The Morgan fingerprint density at radius 2 is 1.92 bits per heavy atom. The summed E-state index contributed by atoms with van der Waals surface area (Å²) in [5.74, 6) is 0.210. The largest absolute Gasteiger partial charge is 0.454 e. The second-order valence-corrected chi connectivity index (χ2v) is 6.68. The summed E-state index contributed by atoms with van der Waals surface area (Å²) in [6.45, 7) is 5.37. The predicted octanol–water partition coefficient (Wildman–Crippen LogP) is 4.83. The van der Waals surface area contributed by atoms with E-state index in [0.29, 0.717) is 10.8 Å². The molecule has 0 aliphatic rings. The molecule has 2 amide bonds. The number of hydrogen-bond donors (Lipinski definition) is 2. The smallest absolute Gasteiger partial charge is 0.341 e. The van der Waals surface area contributed by atoms with E-state index < -0.39 is 17.4 Å². The van der Waals surface area contributed by atoms with Gasteiger partial charge in [0.2, 0.25) is 0 Å². The van der Waals surface area contributed by atoms with Crippen LogP contribution in [0.1, 0.15) is 26.3 Å². The van der Waals surface area contributed by atoms with Crippen LogP contribution in [0.15, 0.2) is 54.6 Å². The summed E-state index contributed by atoms with van der Waals surface area (Å²) < 4.78 is 19.5. The Balaban J connectivity index is 1.96. The van der Waals surface area contributed by atoms with Crippen molar-refractivity contribution in [1.82, 2.24) is 10.4 Å². The number of hydroxylamine groups is 2. The Bertz CT molecular complexity index is 770. The van der Waals surface area contributed by atoms with Crippen LogP contribution in [-0.2, 0) is 0 Å². The molecule has 2 N–H and O–H groups in total. The second-order valence-electron chi connectivity index (χ2n) is 6.68. The third kappa shape index (κ3) is 5.60. The van der Waals surface area contributed by atoms with Crippen molar-refractivity contribution in [3.05, 3.63) is 66.0 Å². The molecule has 138 valence electrons. The highest BCUT2D eigenvalue weighted by Gasteiger charge is 2.24. The molecule has 0 aliphatic carbocycles. The standard InChI is InChI=1S/C20H23FN2O3/c1-20(2,3)23(25)19(24)22-13-7-8-15-11-12-17(21)18(14-15)26-16-9-5-4-6-10-16/h4-12,14,25H,13H2,1-3H3,(H,22,24)/b8-7+. The topological polar surface area (TPSA) is 61.8 Å². The zero-order valence-electron chi connectivity index (χ0n) is 15.1. The Hall–Kier alpha value is -2.86. The van der Waals surface area contributed by atoms with Gasteiger partial charge in [0.05, 0.1) is 5.54 Å². The summed E-state index contributed by atoms with van der Waals surface area (Å²) in [5.41, 5.74) is 0.0392. The summed E-state index contributed by atoms with van der Waals surface area (Å²) in [4.78, 5) is 11.8. The third-order valence-electron chi connectivity index (χ3n) is 3.44. The summed E-state index contributed by atoms with van der Waals surface area (Å²) in [6, 6.07) is 12.9. The lowest BCUT2D eigenvalue weighted by atomic mass is 10.1. The molecular formula is C20H23FN2O3. The molecule has 0 spiro atoms. The molecule has 0 aromatic heterocycles. The summed E-state index contributed by atoms with van der Waals surface area (Å²) in [5, 5.41) is 12.9. The molecule has 0 atom stereocenters. The van der Waals surface area contributed by atoms with Crippen molar-refractivity contribution in [2.24, 2.45) is 0 Å². The predicted molar refractivity (Wildman–Crippen MR) is 98.7 cm³/mol. The van der Waals surface area contributed by atoms with Gasteiger partial charge in [-0.1, -0.05) is 36.4 Å². The molecule has 0 heterocycles. The molecular weight excluding hydrogens is 335 g/mol. The molecule has 6 heteroatoms. The fourth-order valence-corrected chi connectivity index (χ4v) is 2.04. The lowest BCUT2D eigenvalue weighted by Crippen LogP contribution is -2.48. The monoisotopic (exact) mass is 358 g/mol. The number of carbonyl (C=O) groups excluding carboxylic acids is 1. The van der Waals surface area contributed by atoms with E-state index in [-0.39, 0.29) is 12.3 Å². The van der Waals surface area contributed by atoms with E-state index in [2.05, 4.69) is 5.32 Å². The van der Waals surface area contributed by atoms with Gasteiger partial charge in [-0.2, -0.15) is 0 Å². The van der Waals surface area contributed by atoms with Gasteiger partial charge < -0.3 is 10.1 Å². The molecule has 0 saturated carbocycles. The highest BCUT2D eigenvalue weighted by atomic mass is 19.1. The average molecular weight is 358 g/mol. The molecule has 0 bridgehead atoms. The molecule has 5 nitrogen and oxygen atoms in total. The molecule has 2 rings (SSSR count). The van der Waals surface area contributed by atoms with Crippen molar-refractivity contribution in [3.8, 4) is 11.5 Å². The van der Waals surface area contributed by atoms with E-state index in [1.807, 2.05) is 18.2 Å². The van der Waals surface area contributed by atoms with Gasteiger partial charge in [0.1, 0.15) is 5.75 Å². The second kappa shape index (κ2) is 8.49. The van der Waals surface area contributed by atoms with Crippen LogP contribution in [0.5, 0.6) is 11.5 Å². The maximum atomic E-state index is 13.9. The molecule has 0 unspecified atom stereocenters. The highest BCUT2D eigenvalue weighted by Crippen LogP contribution is 2.25. The number of halogens is 1. The van der Waals surface area contributed by atoms with Crippen LogP contribution in [0, 0.1) is 5.82 Å². The lowest BCUT2D eigenvalue weighted by Gasteiger charge is -2.28. The van der Waals surface area contributed by atoms with Gasteiger partial charge in [-0.15, -0.1) is 0 Å². The lowest BCUT2D eigenvalue weighted by molar-refractivity contribution is -0.106. The third-order valence-corrected chi connectivity index (χ3v) is 3.44.